The number of pyridine rings is 1. The molecular formula is C38H46N4O4. The second-order valence-electron chi connectivity index (χ2n) is 13.1. The number of benzene rings is 3. The molecule has 0 radical (unpaired) electrons. The van der Waals surface area contributed by atoms with Crippen LogP contribution in [0.2, 0.25) is 0 Å². The van der Waals surface area contributed by atoms with Gasteiger partial charge in [-0.3, -0.25) is 19.1 Å². The minimum absolute atomic E-state index is 0.133. The molecule has 0 spiro atoms. The van der Waals surface area contributed by atoms with Gasteiger partial charge in [0.25, 0.3) is 11.5 Å². The maximum Gasteiger partial charge on any atom is 0.407 e. The van der Waals surface area contributed by atoms with Gasteiger partial charge in [0.05, 0.1) is 17.3 Å². The SMILES string of the molecule is CCC(NC(=O)c1c(CN2CCC(CCNC(=O)OC(C)(C)C)CC2)n(-c2ccccc2)c(=O)c2ccccc12)c1ccccc1. The van der Waals surface area contributed by atoms with E-state index in [-0.39, 0.29) is 23.6 Å². The monoisotopic (exact) mass is 622 g/mol. The molecule has 1 saturated heterocycles. The van der Waals surface area contributed by atoms with Crippen LogP contribution in [0, 0.1) is 5.92 Å². The molecule has 2 N–H and O–H groups in total. The van der Waals surface area contributed by atoms with E-state index < -0.39 is 5.60 Å². The molecule has 1 fully saturated rings. The summed E-state index contributed by atoms with van der Waals surface area (Å²) in [6.07, 6.45) is 3.16. The molecule has 3 aromatic carbocycles. The predicted octanol–water partition coefficient (Wildman–Crippen LogP) is 7.00. The minimum atomic E-state index is -0.520. The van der Waals surface area contributed by atoms with Gasteiger partial charge in [0, 0.05) is 29.5 Å². The zero-order chi connectivity index (χ0) is 32.7. The van der Waals surface area contributed by atoms with Crippen LogP contribution in [0.1, 0.15) is 81.0 Å². The Morgan fingerprint density at radius 1 is 0.891 bits per heavy atom. The van der Waals surface area contributed by atoms with Gasteiger partial charge in [-0.2, -0.15) is 0 Å². The minimum Gasteiger partial charge on any atom is -0.444 e. The van der Waals surface area contributed by atoms with Crippen LogP contribution >= 0.6 is 0 Å². The Bertz CT molecular complexity index is 1690. The third-order valence-electron chi connectivity index (χ3n) is 8.65. The smallest absolute Gasteiger partial charge is 0.407 e. The molecule has 1 unspecified atom stereocenters. The molecule has 0 saturated carbocycles. The second-order valence-corrected chi connectivity index (χ2v) is 13.1. The Morgan fingerprint density at radius 2 is 1.50 bits per heavy atom. The number of ether oxygens (including phenoxy) is 1. The van der Waals surface area contributed by atoms with Crippen LogP contribution in [0.4, 0.5) is 4.79 Å². The second kappa shape index (κ2) is 14.8. The van der Waals surface area contributed by atoms with E-state index in [9.17, 15) is 14.4 Å². The maximum absolute atomic E-state index is 14.4. The van der Waals surface area contributed by atoms with Gasteiger partial charge in [-0.1, -0.05) is 73.7 Å². The molecule has 1 aliphatic heterocycles. The van der Waals surface area contributed by atoms with Crippen LogP contribution in [0.5, 0.6) is 0 Å². The number of aromatic nitrogens is 1. The van der Waals surface area contributed by atoms with Gasteiger partial charge in [-0.05, 0) is 89.2 Å². The van der Waals surface area contributed by atoms with Crippen molar-refractivity contribution in [2.75, 3.05) is 19.6 Å². The molecule has 2 amide bonds. The molecule has 8 heteroatoms. The standard InChI is InChI=1S/C38H46N4O4/c1-5-32(28-14-8-6-9-15-28)40-35(43)34-30-18-12-13-19-31(30)36(44)42(29-16-10-7-11-17-29)33(34)26-41-24-21-27(22-25-41)20-23-39-37(45)46-38(2,3)4/h6-19,27,32H,5,20-26H2,1-4H3,(H,39,45)(H,40,43). The van der Waals surface area contributed by atoms with Crippen molar-refractivity contribution in [3.8, 4) is 5.69 Å². The topological polar surface area (TPSA) is 92.7 Å². The lowest BCUT2D eigenvalue weighted by Crippen LogP contribution is -2.39. The van der Waals surface area contributed by atoms with Gasteiger partial charge in [-0.15, -0.1) is 0 Å². The fourth-order valence-corrected chi connectivity index (χ4v) is 6.33. The number of hydrogen-bond donors (Lipinski definition) is 2. The number of carbonyl (C=O) groups is 2. The molecule has 4 aromatic rings. The lowest BCUT2D eigenvalue weighted by molar-refractivity contribution is 0.0522. The Labute approximate surface area is 271 Å². The highest BCUT2D eigenvalue weighted by molar-refractivity contribution is 6.08. The molecule has 8 nitrogen and oxygen atoms in total. The summed E-state index contributed by atoms with van der Waals surface area (Å²) in [7, 11) is 0. The first-order valence-corrected chi connectivity index (χ1v) is 16.4. The van der Waals surface area contributed by atoms with Crippen LogP contribution in [0.3, 0.4) is 0 Å². The number of amides is 2. The normalized spacial score (nSPS) is 15.0. The van der Waals surface area contributed by atoms with Crippen molar-refractivity contribution in [3.63, 3.8) is 0 Å². The number of carbonyl (C=O) groups excluding carboxylic acids is 2. The fraction of sp³-hybridized carbons (Fsp3) is 0.395. The summed E-state index contributed by atoms with van der Waals surface area (Å²) in [5.74, 6) is 0.285. The van der Waals surface area contributed by atoms with E-state index in [1.54, 1.807) is 4.57 Å². The average Bonchev–Trinajstić information content (AvgIpc) is 3.04. The molecule has 0 bridgehead atoms. The number of fused-ring (bicyclic) bond motifs is 1. The van der Waals surface area contributed by atoms with Gasteiger partial charge in [-0.25, -0.2) is 4.79 Å². The van der Waals surface area contributed by atoms with Crippen molar-refractivity contribution in [3.05, 3.63) is 112 Å². The molecular weight excluding hydrogens is 576 g/mol. The predicted molar refractivity (Wildman–Crippen MR) is 183 cm³/mol. The van der Waals surface area contributed by atoms with Gasteiger partial charge in [0.2, 0.25) is 0 Å². The highest BCUT2D eigenvalue weighted by atomic mass is 16.6. The number of hydrogen-bond acceptors (Lipinski definition) is 5. The van der Waals surface area contributed by atoms with Crippen LogP contribution < -0.4 is 16.2 Å². The number of piperidine rings is 1. The summed E-state index contributed by atoms with van der Waals surface area (Å²) in [6, 6.07) is 26.9. The molecule has 2 heterocycles. The molecule has 0 aliphatic carbocycles. The number of alkyl carbamates (subject to hydrolysis) is 1. The van der Waals surface area contributed by atoms with Crippen molar-refractivity contribution >= 4 is 22.8 Å². The summed E-state index contributed by atoms with van der Waals surface area (Å²) in [6.45, 7) is 10.3. The Kier molecular flexibility index (Phi) is 10.6. The van der Waals surface area contributed by atoms with Crippen molar-refractivity contribution < 1.29 is 14.3 Å². The molecule has 1 aromatic heterocycles. The summed E-state index contributed by atoms with van der Waals surface area (Å²) in [5, 5.41) is 7.37. The number of nitrogens with zero attached hydrogens (tertiary/aromatic N) is 2. The van der Waals surface area contributed by atoms with E-state index in [0.717, 1.165) is 50.0 Å². The van der Waals surface area contributed by atoms with Gasteiger partial charge >= 0.3 is 6.09 Å². The van der Waals surface area contributed by atoms with Crippen LogP contribution in [-0.2, 0) is 11.3 Å². The van der Waals surface area contributed by atoms with Gasteiger partial charge in [0.15, 0.2) is 0 Å². The van der Waals surface area contributed by atoms with E-state index in [1.807, 2.05) is 106 Å². The first-order chi connectivity index (χ1) is 22.1. The fourth-order valence-electron chi connectivity index (χ4n) is 6.33. The third-order valence-corrected chi connectivity index (χ3v) is 8.65. The molecule has 1 aliphatic rings. The van der Waals surface area contributed by atoms with E-state index in [0.29, 0.717) is 41.0 Å². The number of likely N-dealkylation sites (tertiary alicyclic amines) is 1. The first kappa shape index (κ1) is 32.9. The van der Waals surface area contributed by atoms with Crippen LogP contribution in [-0.4, -0.2) is 46.7 Å². The number of rotatable bonds is 10. The third kappa shape index (κ3) is 8.04. The summed E-state index contributed by atoms with van der Waals surface area (Å²) >= 11 is 0. The van der Waals surface area contributed by atoms with E-state index in [1.165, 1.54) is 0 Å². The molecule has 1 atom stereocenters. The van der Waals surface area contributed by atoms with E-state index in [2.05, 4.69) is 22.5 Å². The van der Waals surface area contributed by atoms with Gasteiger partial charge in [0.1, 0.15) is 5.60 Å². The van der Waals surface area contributed by atoms with Crippen LogP contribution in [0.25, 0.3) is 16.5 Å². The van der Waals surface area contributed by atoms with Crippen LogP contribution in [0.15, 0.2) is 89.7 Å². The zero-order valence-electron chi connectivity index (χ0n) is 27.4. The first-order valence-electron chi connectivity index (χ1n) is 16.4. The lowest BCUT2D eigenvalue weighted by Gasteiger charge is -2.33. The highest BCUT2D eigenvalue weighted by Crippen LogP contribution is 2.28. The lowest BCUT2D eigenvalue weighted by atomic mass is 9.93. The quantitative estimate of drug-likeness (QED) is 0.199. The summed E-state index contributed by atoms with van der Waals surface area (Å²) < 4.78 is 7.10. The van der Waals surface area contributed by atoms with Gasteiger partial charge < -0.3 is 15.4 Å². The van der Waals surface area contributed by atoms with Crippen molar-refractivity contribution in [2.45, 2.75) is 71.6 Å². The Balaban J connectivity index is 1.43. The summed E-state index contributed by atoms with van der Waals surface area (Å²) in [5.41, 5.74) is 2.36. The van der Waals surface area contributed by atoms with E-state index >= 15 is 0 Å². The molecule has 5 rings (SSSR count). The zero-order valence-corrected chi connectivity index (χ0v) is 27.4. The molecule has 242 valence electrons. The van der Waals surface area contributed by atoms with E-state index in [4.69, 9.17) is 4.74 Å². The van der Waals surface area contributed by atoms with Crippen molar-refractivity contribution in [2.24, 2.45) is 5.92 Å². The number of para-hydroxylation sites is 1. The largest absolute Gasteiger partial charge is 0.444 e. The summed E-state index contributed by atoms with van der Waals surface area (Å²) in [4.78, 5) is 42.9. The molecule has 46 heavy (non-hydrogen) atoms. The average molecular weight is 623 g/mol. The maximum atomic E-state index is 14.4. The Morgan fingerprint density at radius 3 is 2.13 bits per heavy atom. The Hall–Kier alpha value is -4.43. The number of nitrogens with one attached hydrogen (secondary N) is 2. The highest BCUT2D eigenvalue weighted by Gasteiger charge is 2.28. The van der Waals surface area contributed by atoms with Crippen molar-refractivity contribution in [1.82, 2.24) is 20.1 Å². The van der Waals surface area contributed by atoms with Crippen molar-refractivity contribution in [1.29, 1.82) is 0 Å².